The molecule has 0 radical (unpaired) electrons. The summed E-state index contributed by atoms with van der Waals surface area (Å²) in [6.45, 7) is 7.88. The lowest BCUT2D eigenvalue weighted by molar-refractivity contribution is -0.873. The van der Waals surface area contributed by atoms with E-state index < -0.39 is 24.0 Å². The first kappa shape index (κ1) is 21.9. The van der Waals surface area contributed by atoms with Crippen molar-refractivity contribution in [3.63, 3.8) is 0 Å². The molecule has 0 bridgehead atoms. The number of quaternary nitrogens is 1. The minimum absolute atomic E-state index is 0.0218. The predicted molar refractivity (Wildman–Crippen MR) is 86.8 cm³/mol. The average Bonchev–Trinajstić information content (AvgIpc) is 2.34. The van der Waals surface area contributed by atoms with E-state index in [1.807, 2.05) is 21.1 Å². The van der Waals surface area contributed by atoms with Gasteiger partial charge >= 0.3 is 11.9 Å². The smallest absolute Gasteiger partial charge is 0.310 e. The molecule has 1 atom stereocenters. The van der Waals surface area contributed by atoms with Gasteiger partial charge in [0.2, 0.25) is 0 Å². The van der Waals surface area contributed by atoms with Gasteiger partial charge in [0.05, 0.1) is 27.6 Å². The van der Waals surface area contributed by atoms with Gasteiger partial charge in [-0.1, -0.05) is 18.7 Å². The van der Waals surface area contributed by atoms with Crippen molar-refractivity contribution in [3.05, 3.63) is 24.3 Å². The number of carboxylic acid groups (broad SMARTS) is 2. The molecule has 0 saturated heterocycles. The van der Waals surface area contributed by atoms with Crippen LogP contribution in [0.25, 0.3) is 0 Å². The summed E-state index contributed by atoms with van der Waals surface area (Å²) in [5.74, 6) is -2.75. The molecule has 7 heteroatoms. The minimum atomic E-state index is -1.28. The van der Waals surface area contributed by atoms with Crippen LogP contribution < -0.4 is 5.11 Å². The molecule has 0 aliphatic heterocycles. The number of esters is 1. The molecule has 0 aliphatic carbocycles. The highest BCUT2D eigenvalue weighted by molar-refractivity contribution is 5.74. The quantitative estimate of drug-likeness (QED) is 0.315. The van der Waals surface area contributed by atoms with E-state index in [-0.39, 0.29) is 19.3 Å². The largest absolute Gasteiger partial charge is 0.550 e. The number of likely N-dealkylation sites (N-methyl/N-ethyl adjacent to an activating group) is 1. The monoisotopic (exact) mass is 341 g/mol. The Hall–Kier alpha value is -2.15. The number of carboxylic acids is 2. The molecule has 0 aromatic heterocycles. The molecule has 0 heterocycles. The number of rotatable bonds is 12. The van der Waals surface area contributed by atoms with E-state index in [0.717, 1.165) is 0 Å². The summed E-state index contributed by atoms with van der Waals surface area (Å²) in [6, 6.07) is 0. The summed E-state index contributed by atoms with van der Waals surface area (Å²) in [6.07, 6.45) is -0.388. The van der Waals surface area contributed by atoms with Gasteiger partial charge in [0.15, 0.2) is 6.10 Å². The summed E-state index contributed by atoms with van der Waals surface area (Å²) < 4.78 is 5.67. The fraction of sp³-hybridized carbons (Fsp3) is 0.588. The number of carbonyl (C=O) groups is 3. The molecule has 136 valence electrons. The van der Waals surface area contributed by atoms with Crippen LogP contribution in [0.2, 0.25) is 0 Å². The van der Waals surface area contributed by atoms with Gasteiger partial charge in [0, 0.05) is 18.8 Å². The Balaban J connectivity index is 4.49. The first-order valence-electron chi connectivity index (χ1n) is 7.68. The van der Waals surface area contributed by atoms with Crippen LogP contribution >= 0.6 is 0 Å². The Labute approximate surface area is 142 Å². The Kier molecular flexibility index (Phi) is 8.99. The highest BCUT2D eigenvalue weighted by atomic mass is 16.5. The maximum Gasteiger partial charge on any atom is 0.310 e. The lowest BCUT2D eigenvalue weighted by atomic mass is 10.0. The zero-order valence-electron chi connectivity index (χ0n) is 14.7. The topological polar surface area (TPSA) is 104 Å². The second-order valence-electron chi connectivity index (χ2n) is 6.79. The van der Waals surface area contributed by atoms with Gasteiger partial charge in [0.25, 0.3) is 0 Å². The van der Waals surface area contributed by atoms with Gasteiger partial charge in [-0.3, -0.25) is 9.59 Å². The summed E-state index contributed by atoms with van der Waals surface area (Å²) >= 11 is 0. The zero-order valence-corrected chi connectivity index (χ0v) is 14.7. The molecule has 0 spiro atoms. The molecule has 1 N–H and O–H groups in total. The van der Waals surface area contributed by atoms with Crippen molar-refractivity contribution in [2.24, 2.45) is 0 Å². The summed E-state index contributed by atoms with van der Waals surface area (Å²) in [7, 11) is 5.58. The van der Waals surface area contributed by atoms with Crippen molar-refractivity contribution in [1.29, 1.82) is 0 Å². The van der Waals surface area contributed by atoms with E-state index in [4.69, 9.17) is 9.84 Å². The lowest BCUT2D eigenvalue weighted by Crippen LogP contribution is -2.45. The van der Waals surface area contributed by atoms with Crippen molar-refractivity contribution in [3.8, 4) is 0 Å². The number of hydrogen-bond donors (Lipinski definition) is 1. The third-order valence-corrected chi connectivity index (χ3v) is 3.17. The fourth-order valence-electron chi connectivity index (χ4n) is 2.10. The standard InChI is InChI=1S/C17H27NO6/c1-12(7-6-8-15(19)20)13(2)9-17(23)24-14(10-16(21)22)11-18(3,4)5/h14H,1-2,6-11H2,3-5H3,(H-,19,20,21,22). The van der Waals surface area contributed by atoms with Crippen molar-refractivity contribution < 1.29 is 33.8 Å². The number of hydrogen-bond acceptors (Lipinski definition) is 5. The van der Waals surface area contributed by atoms with Gasteiger partial charge < -0.3 is 24.2 Å². The van der Waals surface area contributed by atoms with E-state index >= 15 is 0 Å². The molecule has 1 unspecified atom stereocenters. The number of aliphatic carboxylic acids is 2. The van der Waals surface area contributed by atoms with Gasteiger partial charge in [-0.25, -0.2) is 0 Å². The predicted octanol–water partition coefficient (Wildman–Crippen LogP) is 0.502. The molecule has 0 aliphatic rings. The third kappa shape index (κ3) is 11.4. The molecule has 7 nitrogen and oxygen atoms in total. The van der Waals surface area contributed by atoms with Crippen LogP contribution in [0, 0.1) is 0 Å². The number of nitrogens with zero attached hydrogens (tertiary/aromatic N) is 1. The Morgan fingerprint density at radius 2 is 1.71 bits per heavy atom. The van der Waals surface area contributed by atoms with E-state index in [1.54, 1.807) is 0 Å². The lowest BCUT2D eigenvalue weighted by Gasteiger charge is -2.29. The van der Waals surface area contributed by atoms with Crippen molar-refractivity contribution >= 4 is 17.9 Å². The number of ether oxygens (including phenoxy) is 1. The average molecular weight is 341 g/mol. The van der Waals surface area contributed by atoms with Crippen LogP contribution in [0.3, 0.4) is 0 Å². The van der Waals surface area contributed by atoms with E-state index in [1.165, 1.54) is 0 Å². The minimum Gasteiger partial charge on any atom is -0.550 e. The first-order chi connectivity index (χ1) is 10.9. The Bertz CT molecular complexity index is 504. The highest BCUT2D eigenvalue weighted by Crippen LogP contribution is 2.18. The highest BCUT2D eigenvalue weighted by Gasteiger charge is 2.23. The van der Waals surface area contributed by atoms with Gasteiger partial charge in [-0.15, -0.1) is 0 Å². The number of carbonyl (C=O) groups excluding carboxylic acids is 2. The van der Waals surface area contributed by atoms with Gasteiger partial charge in [-0.05, 0) is 18.4 Å². The first-order valence-corrected chi connectivity index (χ1v) is 7.68. The van der Waals surface area contributed by atoms with Crippen LogP contribution in [0.5, 0.6) is 0 Å². The van der Waals surface area contributed by atoms with Crippen LogP contribution in [-0.2, 0) is 19.1 Å². The Morgan fingerprint density at radius 1 is 1.12 bits per heavy atom. The molecule has 0 amide bonds. The normalized spacial score (nSPS) is 12.3. The maximum atomic E-state index is 12.0. The van der Waals surface area contributed by atoms with Crippen molar-refractivity contribution in [2.75, 3.05) is 27.7 Å². The molecule has 24 heavy (non-hydrogen) atoms. The molecule has 0 rings (SSSR count). The van der Waals surface area contributed by atoms with E-state index in [0.29, 0.717) is 35.0 Å². The molecule has 0 aromatic rings. The number of allylic oxidation sites excluding steroid dienone is 1. The Morgan fingerprint density at radius 3 is 2.17 bits per heavy atom. The van der Waals surface area contributed by atoms with E-state index in [2.05, 4.69) is 13.2 Å². The van der Waals surface area contributed by atoms with Gasteiger partial charge in [0.1, 0.15) is 6.54 Å². The van der Waals surface area contributed by atoms with E-state index in [9.17, 15) is 19.5 Å². The summed E-state index contributed by atoms with van der Waals surface area (Å²) in [4.78, 5) is 33.2. The molecule has 0 fully saturated rings. The zero-order chi connectivity index (χ0) is 18.9. The summed E-state index contributed by atoms with van der Waals surface area (Å²) in [5.41, 5.74) is 1.05. The van der Waals surface area contributed by atoms with Crippen LogP contribution in [-0.4, -0.2) is 61.3 Å². The fourth-order valence-corrected chi connectivity index (χ4v) is 2.10. The van der Waals surface area contributed by atoms with Crippen LogP contribution in [0.15, 0.2) is 24.3 Å². The molecular formula is C17H27NO6. The van der Waals surface area contributed by atoms with Crippen molar-refractivity contribution in [1.82, 2.24) is 0 Å². The summed E-state index contributed by atoms with van der Waals surface area (Å²) in [5, 5.41) is 19.4. The molecule has 0 aromatic carbocycles. The maximum absolute atomic E-state index is 12.0. The van der Waals surface area contributed by atoms with Crippen molar-refractivity contribution in [2.45, 2.75) is 38.2 Å². The third-order valence-electron chi connectivity index (χ3n) is 3.17. The SMILES string of the molecule is C=C(CCCC(=O)O)C(=C)CC(=O)OC(CC(=O)[O-])C[N+](C)(C)C. The molecular weight excluding hydrogens is 314 g/mol. The van der Waals surface area contributed by atoms with Crippen LogP contribution in [0.1, 0.15) is 32.1 Å². The molecule has 0 saturated carbocycles. The van der Waals surface area contributed by atoms with Gasteiger partial charge in [-0.2, -0.15) is 0 Å². The second kappa shape index (κ2) is 9.87. The second-order valence-corrected chi connectivity index (χ2v) is 6.79. The van der Waals surface area contributed by atoms with Crippen LogP contribution in [0.4, 0.5) is 0 Å².